The van der Waals surface area contributed by atoms with Crippen molar-refractivity contribution in [3.8, 4) is 0 Å². The fourth-order valence-electron chi connectivity index (χ4n) is 1.68. The van der Waals surface area contributed by atoms with E-state index >= 15 is 0 Å². The van der Waals surface area contributed by atoms with Crippen LogP contribution in [0.15, 0.2) is 36.5 Å². The molecule has 1 aromatic heterocycles. The number of carboxylic acid groups (broad SMARTS) is 1. The normalized spacial score (nSPS) is 10.1. The van der Waals surface area contributed by atoms with Crippen LogP contribution in [-0.4, -0.2) is 22.0 Å². The summed E-state index contributed by atoms with van der Waals surface area (Å²) in [6.07, 6.45) is 1.30. The SMILES string of the molecule is Cc1ccc(F)c(C(=O)Nc2cccnc2C(=O)O)c1. The zero-order valence-electron chi connectivity index (χ0n) is 10.6. The summed E-state index contributed by atoms with van der Waals surface area (Å²) in [5, 5.41) is 11.3. The van der Waals surface area contributed by atoms with Crippen LogP contribution in [0, 0.1) is 12.7 Å². The molecule has 6 heteroatoms. The van der Waals surface area contributed by atoms with Crippen molar-refractivity contribution in [2.24, 2.45) is 0 Å². The number of aromatic carboxylic acids is 1. The third kappa shape index (κ3) is 2.80. The summed E-state index contributed by atoms with van der Waals surface area (Å²) in [6, 6.07) is 6.99. The molecule has 1 aromatic carbocycles. The molecule has 1 amide bonds. The van der Waals surface area contributed by atoms with Gasteiger partial charge in [0, 0.05) is 6.20 Å². The van der Waals surface area contributed by atoms with Crippen LogP contribution in [0.1, 0.15) is 26.4 Å². The fourth-order valence-corrected chi connectivity index (χ4v) is 1.68. The number of carbonyl (C=O) groups excluding carboxylic acids is 1. The maximum Gasteiger partial charge on any atom is 0.356 e. The van der Waals surface area contributed by atoms with E-state index in [-0.39, 0.29) is 16.9 Å². The lowest BCUT2D eigenvalue weighted by Crippen LogP contribution is -2.17. The second-order valence-corrected chi connectivity index (χ2v) is 4.14. The van der Waals surface area contributed by atoms with E-state index in [9.17, 15) is 14.0 Å². The van der Waals surface area contributed by atoms with Crippen LogP contribution in [0.5, 0.6) is 0 Å². The monoisotopic (exact) mass is 274 g/mol. The Kier molecular flexibility index (Phi) is 3.74. The molecule has 2 rings (SSSR count). The second kappa shape index (κ2) is 5.48. The molecular formula is C14H11FN2O3. The van der Waals surface area contributed by atoms with Gasteiger partial charge in [0.2, 0.25) is 0 Å². The third-order valence-electron chi connectivity index (χ3n) is 2.62. The predicted octanol–water partition coefficient (Wildman–Crippen LogP) is 2.48. The Hall–Kier alpha value is -2.76. The summed E-state index contributed by atoms with van der Waals surface area (Å²) in [5.74, 6) is -2.67. The Morgan fingerprint density at radius 3 is 2.75 bits per heavy atom. The molecule has 0 saturated carbocycles. The molecule has 20 heavy (non-hydrogen) atoms. The Labute approximate surface area is 114 Å². The molecule has 0 radical (unpaired) electrons. The van der Waals surface area contributed by atoms with Gasteiger partial charge < -0.3 is 10.4 Å². The number of nitrogens with zero attached hydrogens (tertiary/aromatic N) is 1. The maximum absolute atomic E-state index is 13.6. The highest BCUT2D eigenvalue weighted by Crippen LogP contribution is 2.16. The largest absolute Gasteiger partial charge is 0.476 e. The van der Waals surface area contributed by atoms with E-state index in [0.717, 1.165) is 5.56 Å². The fraction of sp³-hybridized carbons (Fsp3) is 0.0714. The van der Waals surface area contributed by atoms with E-state index in [1.165, 1.54) is 30.5 Å². The van der Waals surface area contributed by atoms with E-state index in [0.29, 0.717) is 0 Å². The highest BCUT2D eigenvalue weighted by molar-refractivity contribution is 6.07. The van der Waals surface area contributed by atoms with Crippen LogP contribution in [0.2, 0.25) is 0 Å². The quantitative estimate of drug-likeness (QED) is 0.901. The highest BCUT2D eigenvalue weighted by atomic mass is 19.1. The van der Waals surface area contributed by atoms with Gasteiger partial charge in [0.05, 0.1) is 11.3 Å². The van der Waals surface area contributed by atoms with Gasteiger partial charge in [-0.2, -0.15) is 0 Å². The molecule has 0 aliphatic rings. The average Bonchev–Trinajstić information content (AvgIpc) is 2.41. The molecule has 0 saturated heterocycles. The lowest BCUT2D eigenvalue weighted by Gasteiger charge is -2.08. The van der Waals surface area contributed by atoms with Crippen molar-refractivity contribution in [2.45, 2.75) is 6.92 Å². The Morgan fingerprint density at radius 1 is 1.30 bits per heavy atom. The number of carbonyl (C=O) groups is 2. The second-order valence-electron chi connectivity index (χ2n) is 4.14. The molecule has 0 spiro atoms. The number of benzene rings is 1. The minimum atomic E-state index is -1.27. The number of nitrogens with one attached hydrogen (secondary N) is 1. The van der Waals surface area contributed by atoms with E-state index in [4.69, 9.17) is 5.11 Å². The third-order valence-corrected chi connectivity index (χ3v) is 2.62. The molecule has 1 heterocycles. The van der Waals surface area contributed by atoms with E-state index in [1.807, 2.05) is 0 Å². The summed E-state index contributed by atoms with van der Waals surface area (Å²) in [5.41, 5.74) is 0.297. The van der Waals surface area contributed by atoms with Crippen LogP contribution >= 0.6 is 0 Å². The first-order valence-corrected chi connectivity index (χ1v) is 5.75. The molecule has 0 bridgehead atoms. The van der Waals surface area contributed by atoms with Crippen molar-refractivity contribution in [3.05, 3.63) is 59.2 Å². The Bertz CT molecular complexity index is 686. The number of amides is 1. The summed E-state index contributed by atoms with van der Waals surface area (Å²) < 4.78 is 13.6. The summed E-state index contributed by atoms with van der Waals surface area (Å²) in [6.45, 7) is 1.73. The highest BCUT2D eigenvalue weighted by Gasteiger charge is 2.16. The smallest absolute Gasteiger partial charge is 0.356 e. The molecule has 2 N–H and O–H groups in total. The number of rotatable bonds is 3. The summed E-state index contributed by atoms with van der Waals surface area (Å²) in [7, 11) is 0. The molecule has 0 unspecified atom stereocenters. The molecule has 5 nitrogen and oxygen atoms in total. The van der Waals surface area contributed by atoms with Crippen molar-refractivity contribution in [2.75, 3.05) is 5.32 Å². The van der Waals surface area contributed by atoms with Crippen molar-refractivity contribution < 1.29 is 19.1 Å². The number of aryl methyl sites for hydroxylation is 1. The maximum atomic E-state index is 13.6. The number of anilines is 1. The van der Waals surface area contributed by atoms with Crippen LogP contribution < -0.4 is 5.32 Å². The zero-order chi connectivity index (χ0) is 14.7. The first-order valence-electron chi connectivity index (χ1n) is 5.75. The van der Waals surface area contributed by atoms with E-state index in [2.05, 4.69) is 10.3 Å². The molecule has 0 aliphatic carbocycles. The summed E-state index contributed by atoms with van der Waals surface area (Å²) >= 11 is 0. The van der Waals surface area contributed by atoms with Gasteiger partial charge in [-0.25, -0.2) is 14.2 Å². The van der Waals surface area contributed by atoms with Crippen molar-refractivity contribution in [3.63, 3.8) is 0 Å². The predicted molar refractivity (Wildman–Crippen MR) is 70.3 cm³/mol. The van der Waals surface area contributed by atoms with Crippen LogP contribution in [0.3, 0.4) is 0 Å². The van der Waals surface area contributed by atoms with Crippen molar-refractivity contribution >= 4 is 17.6 Å². The Balaban J connectivity index is 2.33. The van der Waals surface area contributed by atoms with E-state index < -0.39 is 17.7 Å². The lowest BCUT2D eigenvalue weighted by molar-refractivity contribution is 0.0691. The molecule has 0 aliphatic heterocycles. The molecule has 0 atom stereocenters. The number of halogens is 1. The van der Waals surface area contributed by atoms with Gasteiger partial charge in [0.15, 0.2) is 5.69 Å². The zero-order valence-corrected chi connectivity index (χ0v) is 10.6. The lowest BCUT2D eigenvalue weighted by atomic mass is 10.1. The molecule has 0 fully saturated rings. The van der Waals surface area contributed by atoms with Crippen LogP contribution in [-0.2, 0) is 0 Å². The average molecular weight is 274 g/mol. The van der Waals surface area contributed by atoms with Crippen LogP contribution in [0.4, 0.5) is 10.1 Å². The summed E-state index contributed by atoms with van der Waals surface area (Å²) in [4.78, 5) is 26.6. The van der Waals surface area contributed by atoms with Crippen molar-refractivity contribution in [1.82, 2.24) is 4.98 Å². The van der Waals surface area contributed by atoms with Gasteiger partial charge in [-0.3, -0.25) is 4.79 Å². The van der Waals surface area contributed by atoms with Crippen molar-refractivity contribution in [1.29, 1.82) is 0 Å². The molecule has 102 valence electrons. The van der Waals surface area contributed by atoms with E-state index in [1.54, 1.807) is 13.0 Å². The number of pyridine rings is 1. The van der Waals surface area contributed by atoms with Gasteiger partial charge in [-0.1, -0.05) is 11.6 Å². The number of hydrogen-bond donors (Lipinski definition) is 2. The number of hydrogen-bond acceptors (Lipinski definition) is 3. The topological polar surface area (TPSA) is 79.3 Å². The molecular weight excluding hydrogens is 263 g/mol. The molecule has 2 aromatic rings. The first-order chi connectivity index (χ1) is 9.49. The van der Waals surface area contributed by atoms with Gasteiger partial charge >= 0.3 is 5.97 Å². The van der Waals surface area contributed by atoms with Gasteiger partial charge in [-0.05, 0) is 31.2 Å². The standard InChI is InChI=1S/C14H11FN2O3/c1-8-4-5-10(15)9(7-8)13(18)17-11-3-2-6-16-12(11)14(19)20/h2-7H,1H3,(H,17,18)(H,19,20). The van der Waals surface area contributed by atoms with Gasteiger partial charge in [0.25, 0.3) is 5.91 Å². The van der Waals surface area contributed by atoms with Crippen LogP contribution in [0.25, 0.3) is 0 Å². The minimum Gasteiger partial charge on any atom is -0.476 e. The number of aromatic nitrogens is 1. The van der Waals surface area contributed by atoms with Gasteiger partial charge in [-0.15, -0.1) is 0 Å². The van der Waals surface area contributed by atoms with Gasteiger partial charge in [0.1, 0.15) is 5.82 Å². The number of carboxylic acids is 1. The first kappa shape index (κ1) is 13.7. The minimum absolute atomic E-state index is 0.0194. The Morgan fingerprint density at radius 2 is 2.05 bits per heavy atom.